The van der Waals surface area contributed by atoms with E-state index in [2.05, 4.69) is 41.5 Å². The first kappa shape index (κ1) is 12.9. The maximum atomic E-state index is 5.23. The monoisotopic (exact) mass is 268 g/mol. The molecule has 20 heavy (non-hydrogen) atoms. The van der Waals surface area contributed by atoms with Crippen molar-refractivity contribution in [1.29, 1.82) is 0 Å². The zero-order chi connectivity index (χ0) is 13.9. The third-order valence-electron chi connectivity index (χ3n) is 3.84. The van der Waals surface area contributed by atoms with Crippen LogP contribution in [0.25, 0.3) is 0 Å². The van der Waals surface area contributed by atoms with Gasteiger partial charge >= 0.3 is 0 Å². The highest BCUT2D eigenvalue weighted by Crippen LogP contribution is 2.27. The third-order valence-corrected chi connectivity index (χ3v) is 3.84. The molecule has 0 saturated carbocycles. The summed E-state index contributed by atoms with van der Waals surface area (Å²) in [6.07, 6.45) is 1.15. The van der Waals surface area contributed by atoms with Gasteiger partial charge in [0.15, 0.2) is 0 Å². The Morgan fingerprint density at radius 2 is 2.10 bits per heavy atom. The fraction of sp³-hybridized carbons (Fsp3) is 0.294. The van der Waals surface area contributed by atoms with Gasteiger partial charge < -0.3 is 15.0 Å². The number of likely N-dealkylation sites (N-methyl/N-ethyl adjacent to an activating group) is 1. The van der Waals surface area contributed by atoms with E-state index in [1.165, 1.54) is 16.8 Å². The Hall–Kier alpha value is -2.16. The number of hydrogen-bond acceptors (Lipinski definition) is 3. The van der Waals surface area contributed by atoms with E-state index in [-0.39, 0.29) is 0 Å². The van der Waals surface area contributed by atoms with Crippen molar-refractivity contribution in [2.24, 2.45) is 0 Å². The lowest BCUT2D eigenvalue weighted by Crippen LogP contribution is -2.12. The number of methoxy groups -OCH3 is 1. The van der Waals surface area contributed by atoms with Crippen molar-refractivity contribution < 1.29 is 4.74 Å². The molecule has 0 fully saturated rings. The van der Waals surface area contributed by atoms with Gasteiger partial charge in [-0.1, -0.05) is 18.2 Å². The van der Waals surface area contributed by atoms with E-state index in [1.807, 2.05) is 18.2 Å². The molecule has 1 aliphatic heterocycles. The number of anilines is 2. The second kappa shape index (κ2) is 5.45. The highest BCUT2D eigenvalue weighted by Gasteiger charge is 2.15. The summed E-state index contributed by atoms with van der Waals surface area (Å²) in [5, 5.41) is 3.44. The molecule has 104 valence electrons. The van der Waals surface area contributed by atoms with Crippen LogP contribution in [0.1, 0.15) is 11.1 Å². The standard InChI is InChI=1S/C17H20N2O/c1-19-9-8-14-10-13(6-7-17(14)19)12-18-15-4-3-5-16(11-15)20-2/h3-7,10-11,18H,8-9,12H2,1-2H3. The lowest BCUT2D eigenvalue weighted by Gasteiger charge is -2.13. The highest BCUT2D eigenvalue weighted by molar-refractivity contribution is 5.59. The lowest BCUT2D eigenvalue weighted by molar-refractivity contribution is 0.415. The molecule has 3 heteroatoms. The summed E-state index contributed by atoms with van der Waals surface area (Å²) in [6, 6.07) is 14.8. The SMILES string of the molecule is COc1cccc(NCc2ccc3c(c2)CCN3C)c1. The molecule has 0 unspecified atom stereocenters. The number of fused-ring (bicyclic) bond motifs is 1. The van der Waals surface area contributed by atoms with Crippen LogP contribution < -0.4 is 15.0 Å². The van der Waals surface area contributed by atoms with Crippen LogP contribution in [0.5, 0.6) is 5.75 Å². The normalized spacial score (nSPS) is 13.2. The van der Waals surface area contributed by atoms with Crippen molar-refractivity contribution >= 4 is 11.4 Å². The molecule has 0 atom stereocenters. The molecule has 0 aliphatic carbocycles. The van der Waals surface area contributed by atoms with Crippen LogP contribution >= 0.6 is 0 Å². The first-order valence-electron chi connectivity index (χ1n) is 6.97. The number of benzene rings is 2. The van der Waals surface area contributed by atoms with E-state index in [9.17, 15) is 0 Å². The molecule has 0 aromatic heterocycles. The van der Waals surface area contributed by atoms with Gasteiger partial charge in [0, 0.05) is 37.6 Å². The lowest BCUT2D eigenvalue weighted by atomic mass is 10.1. The van der Waals surface area contributed by atoms with E-state index in [4.69, 9.17) is 4.74 Å². The van der Waals surface area contributed by atoms with Crippen molar-refractivity contribution in [3.8, 4) is 5.75 Å². The Labute approximate surface area is 120 Å². The van der Waals surface area contributed by atoms with Gasteiger partial charge in [0.25, 0.3) is 0 Å². The third kappa shape index (κ3) is 2.57. The summed E-state index contributed by atoms with van der Waals surface area (Å²) in [5.74, 6) is 0.880. The van der Waals surface area contributed by atoms with Crippen LogP contribution in [0, 0.1) is 0 Å². The Morgan fingerprint density at radius 3 is 2.95 bits per heavy atom. The topological polar surface area (TPSA) is 24.5 Å². The average Bonchev–Trinajstić information content (AvgIpc) is 2.86. The number of rotatable bonds is 4. The van der Waals surface area contributed by atoms with Gasteiger partial charge in [0.2, 0.25) is 0 Å². The Morgan fingerprint density at radius 1 is 1.20 bits per heavy atom. The maximum Gasteiger partial charge on any atom is 0.120 e. The zero-order valence-corrected chi connectivity index (χ0v) is 12.0. The van der Waals surface area contributed by atoms with Crippen LogP contribution in [0.3, 0.4) is 0 Å². The highest BCUT2D eigenvalue weighted by atomic mass is 16.5. The van der Waals surface area contributed by atoms with E-state index in [0.717, 1.165) is 30.9 Å². The minimum atomic E-state index is 0.837. The second-order valence-corrected chi connectivity index (χ2v) is 5.22. The maximum absolute atomic E-state index is 5.23. The van der Waals surface area contributed by atoms with Gasteiger partial charge in [0.1, 0.15) is 5.75 Å². The molecule has 1 heterocycles. The molecular weight excluding hydrogens is 248 g/mol. The summed E-state index contributed by atoms with van der Waals surface area (Å²) < 4.78 is 5.23. The molecule has 1 aliphatic rings. The quantitative estimate of drug-likeness (QED) is 0.920. The van der Waals surface area contributed by atoms with Crippen molar-refractivity contribution in [3.63, 3.8) is 0 Å². The molecule has 1 N–H and O–H groups in total. The van der Waals surface area contributed by atoms with Gasteiger partial charge in [-0.05, 0) is 35.7 Å². The van der Waals surface area contributed by atoms with Gasteiger partial charge in [-0.15, -0.1) is 0 Å². The molecule has 0 amide bonds. The Balaban J connectivity index is 1.69. The summed E-state index contributed by atoms with van der Waals surface area (Å²) >= 11 is 0. The number of nitrogens with zero attached hydrogens (tertiary/aromatic N) is 1. The molecule has 0 saturated heterocycles. The van der Waals surface area contributed by atoms with Crippen LogP contribution in [-0.4, -0.2) is 20.7 Å². The molecular formula is C17H20N2O. The number of nitrogens with one attached hydrogen (secondary N) is 1. The van der Waals surface area contributed by atoms with Gasteiger partial charge in [0.05, 0.1) is 7.11 Å². The second-order valence-electron chi connectivity index (χ2n) is 5.22. The first-order chi connectivity index (χ1) is 9.76. The van der Waals surface area contributed by atoms with Crippen LogP contribution in [0.4, 0.5) is 11.4 Å². The van der Waals surface area contributed by atoms with Crippen molar-refractivity contribution in [1.82, 2.24) is 0 Å². The van der Waals surface area contributed by atoms with E-state index in [0.29, 0.717) is 0 Å². The Bertz CT molecular complexity index is 610. The van der Waals surface area contributed by atoms with Gasteiger partial charge in [-0.3, -0.25) is 0 Å². The summed E-state index contributed by atoms with van der Waals surface area (Å²) in [6.45, 7) is 1.96. The summed E-state index contributed by atoms with van der Waals surface area (Å²) in [5.41, 5.74) is 5.23. The van der Waals surface area contributed by atoms with Crippen LogP contribution in [0.2, 0.25) is 0 Å². The number of ether oxygens (including phenoxy) is 1. The molecule has 2 aromatic rings. The summed E-state index contributed by atoms with van der Waals surface area (Å²) in [7, 11) is 3.84. The van der Waals surface area contributed by atoms with E-state index < -0.39 is 0 Å². The minimum Gasteiger partial charge on any atom is -0.497 e. The molecule has 0 radical (unpaired) electrons. The predicted molar refractivity (Wildman–Crippen MR) is 83.7 cm³/mol. The largest absolute Gasteiger partial charge is 0.497 e. The van der Waals surface area contributed by atoms with E-state index in [1.54, 1.807) is 7.11 Å². The fourth-order valence-electron chi connectivity index (χ4n) is 2.67. The first-order valence-corrected chi connectivity index (χ1v) is 6.97. The zero-order valence-electron chi connectivity index (χ0n) is 12.0. The van der Waals surface area contributed by atoms with Crippen molar-refractivity contribution in [3.05, 3.63) is 53.6 Å². The number of hydrogen-bond donors (Lipinski definition) is 1. The van der Waals surface area contributed by atoms with Crippen LogP contribution in [0.15, 0.2) is 42.5 Å². The Kier molecular flexibility index (Phi) is 3.50. The minimum absolute atomic E-state index is 0.837. The molecule has 3 nitrogen and oxygen atoms in total. The molecule has 3 rings (SSSR count). The predicted octanol–water partition coefficient (Wildman–Crippen LogP) is 3.30. The summed E-state index contributed by atoms with van der Waals surface area (Å²) in [4.78, 5) is 2.31. The van der Waals surface area contributed by atoms with E-state index >= 15 is 0 Å². The van der Waals surface area contributed by atoms with Crippen LogP contribution in [-0.2, 0) is 13.0 Å². The fourth-order valence-corrected chi connectivity index (χ4v) is 2.67. The molecule has 0 bridgehead atoms. The van der Waals surface area contributed by atoms with Gasteiger partial charge in [-0.25, -0.2) is 0 Å². The molecule has 2 aromatic carbocycles. The van der Waals surface area contributed by atoms with Crippen molar-refractivity contribution in [2.45, 2.75) is 13.0 Å². The van der Waals surface area contributed by atoms with Gasteiger partial charge in [-0.2, -0.15) is 0 Å². The average molecular weight is 268 g/mol. The smallest absolute Gasteiger partial charge is 0.120 e. The molecule has 0 spiro atoms. The van der Waals surface area contributed by atoms with Crippen molar-refractivity contribution in [2.75, 3.05) is 30.9 Å².